The van der Waals surface area contributed by atoms with Gasteiger partial charge in [-0.05, 0) is 19.0 Å². The smallest absolute Gasteiger partial charge is 0.273 e. The average Bonchev–Trinajstić information content (AvgIpc) is 2.71. The number of nitrogens with one attached hydrogen (secondary N) is 1. The summed E-state index contributed by atoms with van der Waals surface area (Å²) in [5.74, 6) is 0.568. The van der Waals surface area contributed by atoms with Gasteiger partial charge in [-0.15, -0.1) is 0 Å². The van der Waals surface area contributed by atoms with Gasteiger partial charge in [-0.3, -0.25) is 10.1 Å². The second-order valence-electron chi connectivity index (χ2n) is 3.49. The van der Waals surface area contributed by atoms with E-state index in [2.05, 4.69) is 5.32 Å². The molecule has 1 heterocycles. The van der Waals surface area contributed by atoms with Crippen LogP contribution in [0, 0.1) is 10.1 Å². The Hall–Kier alpha value is -1.62. The molecule has 1 aliphatic rings. The average molecular weight is 208 g/mol. The minimum atomic E-state index is -0.417. The van der Waals surface area contributed by atoms with Crippen LogP contribution < -0.4 is 10.1 Å². The Morgan fingerprint density at radius 3 is 3.07 bits per heavy atom. The van der Waals surface area contributed by atoms with Crippen molar-refractivity contribution in [1.82, 2.24) is 5.32 Å². The molecule has 0 radical (unpaired) electrons. The molecule has 1 aromatic rings. The van der Waals surface area contributed by atoms with Gasteiger partial charge in [0.1, 0.15) is 11.9 Å². The van der Waals surface area contributed by atoms with Gasteiger partial charge in [0.15, 0.2) is 0 Å². The van der Waals surface area contributed by atoms with E-state index in [0.717, 1.165) is 19.5 Å². The third-order valence-corrected chi connectivity index (χ3v) is 2.35. The first-order chi connectivity index (χ1) is 7.25. The number of benzene rings is 1. The van der Waals surface area contributed by atoms with Crippen molar-refractivity contribution in [3.8, 4) is 5.75 Å². The molecule has 1 aliphatic heterocycles. The van der Waals surface area contributed by atoms with Crippen LogP contribution in [0.5, 0.6) is 5.75 Å². The maximum Gasteiger partial charge on any atom is 0.273 e. The van der Waals surface area contributed by atoms with Crippen molar-refractivity contribution in [2.45, 2.75) is 12.5 Å². The van der Waals surface area contributed by atoms with Crippen LogP contribution in [0.25, 0.3) is 0 Å². The van der Waals surface area contributed by atoms with E-state index in [1.165, 1.54) is 12.1 Å². The van der Waals surface area contributed by atoms with Gasteiger partial charge >= 0.3 is 0 Å². The number of rotatable bonds is 3. The zero-order valence-electron chi connectivity index (χ0n) is 8.18. The molecule has 5 heteroatoms. The van der Waals surface area contributed by atoms with Crippen LogP contribution in [-0.2, 0) is 0 Å². The number of nitrogens with zero attached hydrogens (tertiary/aromatic N) is 1. The topological polar surface area (TPSA) is 64.4 Å². The number of hydrogen-bond donors (Lipinski definition) is 1. The Morgan fingerprint density at radius 1 is 1.53 bits per heavy atom. The van der Waals surface area contributed by atoms with Gasteiger partial charge < -0.3 is 10.1 Å². The van der Waals surface area contributed by atoms with Gasteiger partial charge in [-0.2, -0.15) is 0 Å². The molecule has 0 saturated carbocycles. The highest BCUT2D eigenvalue weighted by Crippen LogP contribution is 2.21. The number of hydrogen-bond acceptors (Lipinski definition) is 4. The predicted molar refractivity (Wildman–Crippen MR) is 55.0 cm³/mol. The molecule has 1 aromatic carbocycles. The summed E-state index contributed by atoms with van der Waals surface area (Å²) in [6.07, 6.45) is 1.08. The molecule has 1 saturated heterocycles. The first kappa shape index (κ1) is 9.92. The Kier molecular flexibility index (Phi) is 2.82. The maximum absolute atomic E-state index is 10.5. The number of non-ortho nitro benzene ring substituents is 1. The quantitative estimate of drug-likeness (QED) is 0.601. The van der Waals surface area contributed by atoms with E-state index in [1.54, 1.807) is 12.1 Å². The Balaban J connectivity index is 2.07. The fourth-order valence-corrected chi connectivity index (χ4v) is 1.59. The summed E-state index contributed by atoms with van der Waals surface area (Å²) in [7, 11) is 0. The third kappa shape index (κ3) is 2.44. The van der Waals surface area contributed by atoms with Crippen molar-refractivity contribution in [3.05, 3.63) is 34.4 Å². The van der Waals surface area contributed by atoms with E-state index < -0.39 is 4.92 Å². The minimum absolute atomic E-state index is 0.0680. The molecule has 0 bridgehead atoms. The molecule has 0 spiro atoms. The van der Waals surface area contributed by atoms with Crippen LogP contribution in [0.4, 0.5) is 5.69 Å². The third-order valence-electron chi connectivity index (χ3n) is 2.35. The molecule has 0 amide bonds. The Bertz CT molecular complexity index is 361. The SMILES string of the molecule is O=[N+]([O-])c1cccc(O[C@H]2CCNC2)c1. The summed E-state index contributed by atoms with van der Waals surface area (Å²) in [5, 5.41) is 13.7. The summed E-state index contributed by atoms with van der Waals surface area (Å²) < 4.78 is 5.60. The first-order valence-electron chi connectivity index (χ1n) is 4.87. The maximum atomic E-state index is 10.5. The Labute approximate surface area is 87.2 Å². The van der Waals surface area contributed by atoms with Crippen molar-refractivity contribution >= 4 is 5.69 Å². The molecule has 15 heavy (non-hydrogen) atoms. The van der Waals surface area contributed by atoms with Crippen LogP contribution in [0.15, 0.2) is 24.3 Å². The van der Waals surface area contributed by atoms with E-state index in [1.807, 2.05) is 0 Å². The summed E-state index contributed by atoms with van der Waals surface area (Å²) >= 11 is 0. The van der Waals surface area contributed by atoms with Crippen molar-refractivity contribution in [2.24, 2.45) is 0 Å². The van der Waals surface area contributed by atoms with Gasteiger partial charge in [-0.25, -0.2) is 0 Å². The highest BCUT2D eigenvalue weighted by molar-refractivity contribution is 5.38. The predicted octanol–water partition coefficient (Wildman–Crippen LogP) is 1.34. The highest BCUT2D eigenvalue weighted by Gasteiger charge is 2.16. The van der Waals surface area contributed by atoms with Gasteiger partial charge in [0.05, 0.1) is 11.0 Å². The van der Waals surface area contributed by atoms with Crippen LogP contribution in [0.2, 0.25) is 0 Å². The molecule has 1 N–H and O–H groups in total. The lowest BCUT2D eigenvalue weighted by molar-refractivity contribution is -0.384. The van der Waals surface area contributed by atoms with E-state index in [0.29, 0.717) is 5.75 Å². The van der Waals surface area contributed by atoms with Crippen molar-refractivity contribution < 1.29 is 9.66 Å². The van der Waals surface area contributed by atoms with E-state index in [-0.39, 0.29) is 11.8 Å². The van der Waals surface area contributed by atoms with Gasteiger partial charge in [0, 0.05) is 12.6 Å². The van der Waals surface area contributed by atoms with Gasteiger partial charge in [0.25, 0.3) is 5.69 Å². The lowest BCUT2D eigenvalue weighted by atomic mass is 10.3. The molecule has 2 rings (SSSR count). The number of ether oxygens (including phenoxy) is 1. The molecular formula is C10H12N2O3. The van der Waals surface area contributed by atoms with Crippen molar-refractivity contribution in [3.63, 3.8) is 0 Å². The van der Waals surface area contributed by atoms with Crippen LogP contribution in [0.1, 0.15) is 6.42 Å². The normalized spacial score (nSPS) is 20.1. The summed E-state index contributed by atoms with van der Waals surface area (Å²) in [6.45, 7) is 1.75. The van der Waals surface area contributed by atoms with E-state index in [9.17, 15) is 10.1 Å². The Morgan fingerprint density at radius 2 is 2.40 bits per heavy atom. The second-order valence-corrected chi connectivity index (χ2v) is 3.49. The molecule has 0 aromatic heterocycles. The molecule has 1 atom stereocenters. The molecule has 5 nitrogen and oxygen atoms in total. The summed E-state index contributed by atoms with van der Waals surface area (Å²) in [5.41, 5.74) is 0.0680. The van der Waals surface area contributed by atoms with Crippen LogP contribution in [-0.4, -0.2) is 24.1 Å². The van der Waals surface area contributed by atoms with Crippen LogP contribution >= 0.6 is 0 Å². The lowest BCUT2D eigenvalue weighted by Crippen LogP contribution is -2.19. The fourth-order valence-electron chi connectivity index (χ4n) is 1.59. The molecule has 0 aliphatic carbocycles. The van der Waals surface area contributed by atoms with Gasteiger partial charge in [0.2, 0.25) is 0 Å². The highest BCUT2D eigenvalue weighted by atomic mass is 16.6. The summed E-state index contributed by atoms with van der Waals surface area (Å²) in [6, 6.07) is 6.29. The monoisotopic (exact) mass is 208 g/mol. The fraction of sp³-hybridized carbons (Fsp3) is 0.400. The standard InChI is InChI=1S/C10H12N2O3/c13-12(14)8-2-1-3-9(6-8)15-10-4-5-11-7-10/h1-3,6,10-11H,4-5,7H2/t10-/m0/s1. The molecule has 80 valence electrons. The first-order valence-corrected chi connectivity index (χ1v) is 4.87. The lowest BCUT2D eigenvalue weighted by Gasteiger charge is -2.11. The second kappa shape index (κ2) is 4.27. The summed E-state index contributed by atoms with van der Waals surface area (Å²) in [4.78, 5) is 10.1. The minimum Gasteiger partial charge on any atom is -0.489 e. The van der Waals surface area contributed by atoms with Gasteiger partial charge in [-0.1, -0.05) is 6.07 Å². The zero-order valence-corrected chi connectivity index (χ0v) is 8.18. The van der Waals surface area contributed by atoms with Crippen molar-refractivity contribution in [1.29, 1.82) is 0 Å². The number of nitro groups is 1. The van der Waals surface area contributed by atoms with E-state index in [4.69, 9.17) is 4.74 Å². The van der Waals surface area contributed by atoms with E-state index >= 15 is 0 Å². The molecule has 1 fully saturated rings. The molecule has 0 unspecified atom stereocenters. The largest absolute Gasteiger partial charge is 0.489 e. The zero-order chi connectivity index (χ0) is 10.7. The number of nitro benzene ring substituents is 1. The molecular weight excluding hydrogens is 196 g/mol. The van der Waals surface area contributed by atoms with Crippen LogP contribution in [0.3, 0.4) is 0 Å². The van der Waals surface area contributed by atoms with Crippen molar-refractivity contribution in [2.75, 3.05) is 13.1 Å².